The molecule has 3 heterocycles. The van der Waals surface area contributed by atoms with E-state index >= 15 is 0 Å². The Morgan fingerprint density at radius 3 is 2.67 bits per heavy atom. The predicted molar refractivity (Wildman–Crippen MR) is 118 cm³/mol. The second-order valence-electron chi connectivity index (χ2n) is 7.12. The molecule has 0 unspecified atom stereocenters. The fourth-order valence-corrected chi connectivity index (χ4v) is 4.22. The van der Waals surface area contributed by atoms with Gasteiger partial charge in [0.2, 0.25) is 0 Å². The molecule has 1 amide bonds. The maximum Gasteiger partial charge on any atom is 0.259 e. The molecular weight excluding hydrogens is 398 g/mol. The van der Waals surface area contributed by atoms with Gasteiger partial charge < -0.3 is 14.2 Å². The van der Waals surface area contributed by atoms with Crippen molar-refractivity contribution in [2.75, 3.05) is 20.3 Å². The molecule has 4 aromatic rings. The number of carbonyl (C=O) groups is 1. The van der Waals surface area contributed by atoms with Crippen molar-refractivity contribution in [3.63, 3.8) is 0 Å². The smallest absolute Gasteiger partial charge is 0.259 e. The van der Waals surface area contributed by atoms with Gasteiger partial charge in [0.25, 0.3) is 11.6 Å². The van der Waals surface area contributed by atoms with Crippen molar-refractivity contribution in [1.82, 2.24) is 15.0 Å². The first kappa shape index (κ1) is 20.3. The lowest BCUT2D eigenvalue weighted by Gasteiger charge is -2.23. The first-order chi connectivity index (χ1) is 14.6. The van der Waals surface area contributed by atoms with Gasteiger partial charge in [0.15, 0.2) is 0 Å². The number of pyridine rings is 1. The quantitative estimate of drug-likeness (QED) is 0.426. The summed E-state index contributed by atoms with van der Waals surface area (Å²) in [5, 5.41) is 4.71. The molecule has 0 saturated heterocycles. The van der Waals surface area contributed by atoms with E-state index < -0.39 is 0 Å². The maximum atomic E-state index is 13.7. The molecular formula is C23H23N3O3S. The molecule has 1 aromatic carbocycles. The minimum Gasteiger partial charge on any atom is -0.383 e. The minimum absolute atomic E-state index is 0.0934. The highest BCUT2D eigenvalue weighted by Crippen LogP contribution is 2.31. The summed E-state index contributed by atoms with van der Waals surface area (Å²) in [6.07, 6.45) is 0. The highest BCUT2D eigenvalue weighted by Gasteiger charge is 2.24. The summed E-state index contributed by atoms with van der Waals surface area (Å²) in [5.41, 5.74) is 3.36. The maximum absolute atomic E-state index is 13.7. The fraction of sp³-hybridized carbons (Fsp3) is 0.261. The fourth-order valence-electron chi connectivity index (χ4n) is 3.39. The van der Waals surface area contributed by atoms with Crippen molar-refractivity contribution in [3.05, 3.63) is 70.2 Å². The Balaban J connectivity index is 1.78. The highest BCUT2D eigenvalue weighted by molar-refractivity contribution is 7.15. The molecule has 30 heavy (non-hydrogen) atoms. The summed E-state index contributed by atoms with van der Waals surface area (Å²) in [7, 11) is 1.64. The van der Waals surface area contributed by atoms with Crippen molar-refractivity contribution >= 4 is 28.3 Å². The van der Waals surface area contributed by atoms with E-state index in [-0.39, 0.29) is 5.91 Å². The average molecular weight is 422 g/mol. The van der Waals surface area contributed by atoms with E-state index in [4.69, 9.17) is 9.26 Å². The number of nitrogens with zero attached hydrogens (tertiary/aromatic N) is 3. The van der Waals surface area contributed by atoms with Crippen LogP contribution in [0, 0.1) is 13.8 Å². The number of aromatic nitrogens is 2. The second-order valence-corrected chi connectivity index (χ2v) is 8.41. The van der Waals surface area contributed by atoms with Crippen LogP contribution in [-0.2, 0) is 11.3 Å². The molecule has 0 radical (unpaired) electrons. The summed E-state index contributed by atoms with van der Waals surface area (Å²) in [6, 6.07) is 15.8. The number of carbonyl (C=O) groups excluding carboxylic acids is 1. The van der Waals surface area contributed by atoms with Crippen molar-refractivity contribution < 1.29 is 14.1 Å². The number of benzene rings is 1. The number of fused-ring (bicyclic) bond motifs is 1. The SMILES string of the molecule is COCCN(Cc1ccccc1)C(=O)c1cc(-c2ccc(C)s2)nc2onc(C)c12. The normalized spacial score (nSPS) is 11.2. The zero-order valence-corrected chi connectivity index (χ0v) is 18.0. The lowest BCUT2D eigenvalue weighted by molar-refractivity contribution is 0.0682. The van der Waals surface area contributed by atoms with Gasteiger partial charge in [-0.05, 0) is 37.6 Å². The van der Waals surface area contributed by atoms with Gasteiger partial charge >= 0.3 is 0 Å². The zero-order chi connectivity index (χ0) is 21.1. The summed E-state index contributed by atoms with van der Waals surface area (Å²) in [4.78, 5) is 22.3. The Hall–Kier alpha value is -3.03. The molecule has 0 fully saturated rings. The molecule has 6 nitrogen and oxygen atoms in total. The molecule has 4 rings (SSSR count). The van der Waals surface area contributed by atoms with E-state index in [9.17, 15) is 4.79 Å². The summed E-state index contributed by atoms with van der Waals surface area (Å²) >= 11 is 1.63. The van der Waals surface area contributed by atoms with Crippen molar-refractivity contribution in [2.45, 2.75) is 20.4 Å². The third-order valence-corrected chi connectivity index (χ3v) is 5.93. The van der Waals surface area contributed by atoms with Gasteiger partial charge in [-0.1, -0.05) is 35.5 Å². The number of thiophene rings is 1. The van der Waals surface area contributed by atoms with Crippen LogP contribution in [-0.4, -0.2) is 41.2 Å². The van der Waals surface area contributed by atoms with Gasteiger partial charge in [-0.15, -0.1) is 11.3 Å². The Labute approximate surface area is 179 Å². The summed E-state index contributed by atoms with van der Waals surface area (Å²) < 4.78 is 10.7. The van der Waals surface area contributed by atoms with E-state index in [1.807, 2.05) is 62.4 Å². The molecule has 154 valence electrons. The average Bonchev–Trinajstić information content (AvgIpc) is 3.36. The van der Waals surface area contributed by atoms with Crippen LogP contribution in [0.25, 0.3) is 21.7 Å². The standard InChI is InChI=1S/C23H23N3O3S/c1-15-9-10-20(30-15)19-13-18(21-16(2)25-29-22(21)24-19)23(27)26(11-12-28-3)14-17-7-5-4-6-8-17/h4-10,13H,11-12,14H2,1-3H3. The molecule has 7 heteroatoms. The molecule has 0 saturated carbocycles. The van der Waals surface area contributed by atoms with Gasteiger partial charge in [0, 0.05) is 25.1 Å². The van der Waals surface area contributed by atoms with Crippen molar-refractivity contribution in [3.8, 4) is 10.6 Å². The Bertz CT molecular complexity index is 1170. The topological polar surface area (TPSA) is 68.5 Å². The third kappa shape index (κ3) is 4.13. The zero-order valence-electron chi connectivity index (χ0n) is 17.2. The first-order valence-electron chi connectivity index (χ1n) is 9.73. The molecule has 0 aliphatic heterocycles. The van der Waals surface area contributed by atoms with Gasteiger partial charge in [-0.2, -0.15) is 0 Å². The molecule has 0 N–H and O–H groups in total. The van der Waals surface area contributed by atoms with E-state index in [1.165, 1.54) is 4.88 Å². The molecule has 3 aromatic heterocycles. The van der Waals surface area contributed by atoms with Crippen molar-refractivity contribution in [1.29, 1.82) is 0 Å². The van der Waals surface area contributed by atoms with Crippen LogP contribution in [0.1, 0.15) is 26.5 Å². The van der Waals surface area contributed by atoms with Gasteiger partial charge in [-0.25, -0.2) is 4.98 Å². The van der Waals surface area contributed by atoms with E-state index in [0.717, 1.165) is 10.4 Å². The highest BCUT2D eigenvalue weighted by atomic mass is 32.1. The second kappa shape index (κ2) is 8.77. The third-order valence-electron chi connectivity index (χ3n) is 4.91. The van der Waals surface area contributed by atoms with Crippen LogP contribution >= 0.6 is 11.3 Å². The molecule has 0 bridgehead atoms. The number of ether oxygens (including phenoxy) is 1. The lowest BCUT2D eigenvalue weighted by Crippen LogP contribution is -2.33. The van der Waals surface area contributed by atoms with Crippen LogP contribution in [0.2, 0.25) is 0 Å². The van der Waals surface area contributed by atoms with Crippen LogP contribution < -0.4 is 0 Å². The number of hydrogen-bond acceptors (Lipinski definition) is 6. The number of methoxy groups -OCH3 is 1. The molecule has 0 aliphatic carbocycles. The van der Waals surface area contributed by atoms with Crippen LogP contribution in [0.3, 0.4) is 0 Å². The Morgan fingerprint density at radius 1 is 1.17 bits per heavy atom. The van der Waals surface area contributed by atoms with E-state index in [2.05, 4.69) is 10.1 Å². The number of rotatable bonds is 7. The minimum atomic E-state index is -0.0934. The van der Waals surface area contributed by atoms with E-state index in [0.29, 0.717) is 47.7 Å². The van der Waals surface area contributed by atoms with Crippen LogP contribution in [0.4, 0.5) is 0 Å². The van der Waals surface area contributed by atoms with Crippen LogP contribution in [0.15, 0.2) is 53.1 Å². The molecule has 0 aliphatic rings. The monoisotopic (exact) mass is 421 g/mol. The predicted octanol–water partition coefficient (Wildman–Crippen LogP) is 4.86. The first-order valence-corrected chi connectivity index (χ1v) is 10.5. The lowest BCUT2D eigenvalue weighted by atomic mass is 10.1. The number of amides is 1. The summed E-state index contributed by atoms with van der Waals surface area (Å²) in [5.74, 6) is -0.0934. The van der Waals surface area contributed by atoms with Crippen molar-refractivity contribution in [2.24, 2.45) is 0 Å². The molecule has 0 spiro atoms. The van der Waals surface area contributed by atoms with Crippen LogP contribution in [0.5, 0.6) is 0 Å². The van der Waals surface area contributed by atoms with E-state index in [1.54, 1.807) is 23.3 Å². The van der Waals surface area contributed by atoms with Gasteiger partial charge in [-0.3, -0.25) is 4.79 Å². The Morgan fingerprint density at radius 2 is 1.97 bits per heavy atom. The summed E-state index contributed by atoms with van der Waals surface area (Å²) in [6.45, 7) is 5.29. The number of aryl methyl sites for hydroxylation is 2. The van der Waals surface area contributed by atoms with Gasteiger partial charge in [0.1, 0.15) is 0 Å². The van der Waals surface area contributed by atoms with Gasteiger partial charge in [0.05, 0.1) is 33.8 Å². The Kier molecular flexibility index (Phi) is 5.92. The number of hydrogen-bond donors (Lipinski definition) is 0. The largest absolute Gasteiger partial charge is 0.383 e. The molecule has 0 atom stereocenters.